The molecule has 3 rings (SSSR count). The molecule has 21 heavy (non-hydrogen) atoms. The Hall–Kier alpha value is -1.33. The van der Waals surface area contributed by atoms with Crippen LogP contribution in [0, 0.1) is 11.6 Å². The molecule has 1 heterocycles. The summed E-state index contributed by atoms with van der Waals surface area (Å²) in [5, 5.41) is 4.15. The number of nitrogens with zero attached hydrogens (tertiary/aromatic N) is 1. The molecular formula is C16H18F2N2S. The lowest BCUT2D eigenvalue weighted by Gasteiger charge is -2.16. The van der Waals surface area contributed by atoms with Crippen LogP contribution >= 0.6 is 11.3 Å². The summed E-state index contributed by atoms with van der Waals surface area (Å²) >= 11 is 1.66. The zero-order valence-electron chi connectivity index (χ0n) is 12.0. The molecule has 0 aliphatic heterocycles. The predicted molar refractivity (Wildman–Crippen MR) is 80.6 cm³/mol. The second kappa shape index (κ2) is 6.20. The summed E-state index contributed by atoms with van der Waals surface area (Å²) in [6, 6.07) is 3.45. The fourth-order valence-electron chi connectivity index (χ4n) is 2.77. The van der Waals surface area contributed by atoms with Gasteiger partial charge in [0.05, 0.1) is 11.7 Å². The molecule has 0 fully saturated rings. The van der Waals surface area contributed by atoms with Crippen molar-refractivity contribution >= 4 is 11.3 Å². The van der Waals surface area contributed by atoms with Gasteiger partial charge in [0.25, 0.3) is 0 Å². The number of aryl methyl sites for hydroxylation is 2. The minimum atomic E-state index is -0.551. The highest BCUT2D eigenvalue weighted by Crippen LogP contribution is 2.33. The van der Waals surface area contributed by atoms with Crippen LogP contribution in [-0.2, 0) is 12.8 Å². The molecule has 1 unspecified atom stereocenters. The van der Waals surface area contributed by atoms with Crippen molar-refractivity contribution < 1.29 is 8.78 Å². The van der Waals surface area contributed by atoms with Crippen LogP contribution < -0.4 is 5.32 Å². The van der Waals surface area contributed by atoms with Crippen molar-refractivity contribution in [2.75, 3.05) is 6.54 Å². The first-order valence-electron chi connectivity index (χ1n) is 7.36. The van der Waals surface area contributed by atoms with Gasteiger partial charge in [-0.1, -0.05) is 13.0 Å². The van der Waals surface area contributed by atoms with Crippen molar-refractivity contribution in [3.8, 4) is 0 Å². The minimum Gasteiger partial charge on any atom is -0.304 e. The van der Waals surface area contributed by atoms with Gasteiger partial charge in [-0.15, -0.1) is 11.3 Å². The van der Waals surface area contributed by atoms with Gasteiger partial charge in [0, 0.05) is 16.5 Å². The lowest BCUT2D eigenvalue weighted by Crippen LogP contribution is -2.23. The van der Waals surface area contributed by atoms with E-state index in [1.165, 1.54) is 29.9 Å². The summed E-state index contributed by atoms with van der Waals surface area (Å²) in [5.41, 5.74) is 1.62. The van der Waals surface area contributed by atoms with Crippen LogP contribution in [-0.4, -0.2) is 11.5 Å². The Morgan fingerprint density at radius 2 is 2.10 bits per heavy atom. The number of rotatable bonds is 4. The third-order valence-corrected chi connectivity index (χ3v) is 5.01. The quantitative estimate of drug-likeness (QED) is 0.923. The van der Waals surface area contributed by atoms with Crippen molar-refractivity contribution in [2.45, 2.75) is 38.6 Å². The van der Waals surface area contributed by atoms with Crippen LogP contribution in [0.3, 0.4) is 0 Å². The monoisotopic (exact) mass is 308 g/mol. The Bertz CT molecular complexity index is 616. The minimum absolute atomic E-state index is 0.300. The van der Waals surface area contributed by atoms with E-state index in [1.807, 2.05) is 6.92 Å². The zero-order valence-corrected chi connectivity index (χ0v) is 12.8. The number of hydrogen-bond donors (Lipinski definition) is 1. The first-order valence-corrected chi connectivity index (χ1v) is 8.17. The second-order valence-corrected chi connectivity index (χ2v) is 6.40. The van der Waals surface area contributed by atoms with E-state index in [4.69, 9.17) is 4.98 Å². The summed E-state index contributed by atoms with van der Waals surface area (Å²) in [4.78, 5) is 6.03. The highest BCUT2D eigenvalue weighted by molar-refractivity contribution is 7.11. The fourth-order valence-corrected chi connectivity index (χ4v) is 4.01. The normalized spacial score (nSPS) is 15.8. The molecule has 0 spiro atoms. The molecule has 0 saturated heterocycles. The predicted octanol–water partition coefficient (Wildman–Crippen LogP) is 4.00. The maximum atomic E-state index is 14.1. The second-order valence-electron chi connectivity index (χ2n) is 5.29. The van der Waals surface area contributed by atoms with Crippen LogP contribution in [0.1, 0.15) is 46.9 Å². The van der Waals surface area contributed by atoms with Gasteiger partial charge in [-0.25, -0.2) is 13.8 Å². The van der Waals surface area contributed by atoms with Gasteiger partial charge in [-0.2, -0.15) is 0 Å². The summed E-state index contributed by atoms with van der Waals surface area (Å²) in [7, 11) is 0. The van der Waals surface area contributed by atoms with Gasteiger partial charge in [0.1, 0.15) is 16.6 Å². The molecule has 1 aliphatic rings. The van der Waals surface area contributed by atoms with Crippen LogP contribution in [0.5, 0.6) is 0 Å². The Labute approximate surface area is 127 Å². The topological polar surface area (TPSA) is 24.9 Å². The third-order valence-electron chi connectivity index (χ3n) is 3.79. The lowest BCUT2D eigenvalue weighted by atomic mass is 10.0. The Balaban J connectivity index is 1.99. The Morgan fingerprint density at radius 3 is 2.81 bits per heavy atom. The molecule has 0 amide bonds. The van der Waals surface area contributed by atoms with Crippen molar-refractivity contribution in [1.29, 1.82) is 0 Å². The zero-order chi connectivity index (χ0) is 14.8. The van der Waals surface area contributed by atoms with Gasteiger partial charge in [0.2, 0.25) is 0 Å². The maximum Gasteiger partial charge on any atom is 0.131 e. The first kappa shape index (κ1) is 14.6. The summed E-state index contributed by atoms with van der Waals surface area (Å²) in [6.07, 6.45) is 4.45. The standard InChI is InChI=1S/C16H18F2N2S/c1-2-19-15(11-8-7-10(17)9-12(11)18)16-20-13-5-3-4-6-14(13)21-16/h7-9,15,19H,2-6H2,1H3. The van der Waals surface area contributed by atoms with E-state index < -0.39 is 11.6 Å². The molecule has 1 aromatic heterocycles. The highest BCUT2D eigenvalue weighted by atomic mass is 32.1. The van der Waals surface area contributed by atoms with Crippen LogP contribution in [0.4, 0.5) is 8.78 Å². The molecule has 1 N–H and O–H groups in total. The number of nitrogens with one attached hydrogen (secondary N) is 1. The van der Waals surface area contributed by atoms with E-state index in [1.54, 1.807) is 11.3 Å². The van der Waals surface area contributed by atoms with Crippen molar-refractivity contribution in [3.63, 3.8) is 0 Å². The lowest BCUT2D eigenvalue weighted by molar-refractivity contribution is 0.539. The van der Waals surface area contributed by atoms with Gasteiger partial charge in [-0.05, 0) is 38.3 Å². The number of aromatic nitrogens is 1. The number of hydrogen-bond acceptors (Lipinski definition) is 3. The van der Waals surface area contributed by atoms with Crippen LogP contribution in [0.2, 0.25) is 0 Å². The van der Waals surface area contributed by atoms with E-state index in [-0.39, 0.29) is 6.04 Å². The maximum absolute atomic E-state index is 14.1. The largest absolute Gasteiger partial charge is 0.304 e. The third kappa shape index (κ3) is 2.99. The number of halogens is 2. The molecule has 1 aliphatic carbocycles. The molecule has 0 radical (unpaired) electrons. The average molecular weight is 308 g/mol. The Morgan fingerprint density at radius 1 is 1.29 bits per heavy atom. The number of benzene rings is 1. The fraction of sp³-hybridized carbons (Fsp3) is 0.438. The summed E-state index contributed by atoms with van der Waals surface area (Å²) < 4.78 is 27.2. The van der Waals surface area contributed by atoms with E-state index in [0.29, 0.717) is 12.1 Å². The molecule has 112 valence electrons. The van der Waals surface area contributed by atoms with Gasteiger partial charge < -0.3 is 5.32 Å². The van der Waals surface area contributed by atoms with E-state index in [0.717, 1.165) is 29.6 Å². The smallest absolute Gasteiger partial charge is 0.131 e. The highest BCUT2D eigenvalue weighted by Gasteiger charge is 2.24. The van der Waals surface area contributed by atoms with Crippen LogP contribution in [0.15, 0.2) is 18.2 Å². The molecule has 2 nitrogen and oxygen atoms in total. The van der Waals surface area contributed by atoms with E-state index in [9.17, 15) is 8.78 Å². The Kier molecular flexibility index (Phi) is 4.31. The molecule has 2 aromatic rings. The summed E-state index contributed by atoms with van der Waals surface area (Å²) in [6.45, 7) is 2.67. The number of fused-ring (bicyclic) bond motifs is 1. The molecule has 0 saturated carbocycles. The van der Waals surface area contributed by atoms with Crippen molar-refractivity contribution in [1.82, 2.24) is 10.3 Å². The first-order chi connectivity index (χ1) is 10.2. The van der Waals surface area contributed by atoms with Crippen molar-refractivity contribution in [2.24, 2.45) is 0 Å². The molecule has 0 bridgehead atoms. The van der Waals surface area contributed by atoms with E-state index in [2.05, 4.69) is 5.32 Å². The van der Waals surface area contributed by atoms with Crippen LogP contribution in [0.25, 0.3) is 0 Å². The number of thiazole rings is 1. The van der Waals surface area contributed by atoms with Gasteiger partial charge in [0.15, 0.2) is 0 Å². The van der Waals surface area contributed by atoms with Gasteiger partial charge in [-0.3, -0.25) is 0 Å². The van der Waals surface area contributed by atoms with Crippen molar-refractivity contribution in [3.05, 3.63) is 51.0 Å². The average Bonchev–Trinajstić information content (AvgIpc) is 2.89. The molecule has 1 aromatic carbocycles. The van der Waals surface area contributed by atoms with E-state index >= 15 is 0 Å². The SMILES string of the molecule is CCNC(c1nc2c(s1)CCCC2)c1ccc(F)cc1F. The molecule has 5 heteroatoms. The molecular weight excluding hydrogens is 290 g/mol. The summed E-state index contributed by atoms with van der Waals surface area (Å²) in [5.74, 6) is -1.07. The molecule has 1 atom stereocenters. The van der Waals surface area contributed by atoms with Gasteiger partial charge >= 0.3 is 0 Å².